The quantitative estimate of drug-likeness (QED) is 0.802. The summed E-state index contributed by atoms with van der Waals surface area (Å²) >= 11 is 0. The van der Waals surface area contributed by atoms with Crippen LogP contribution in [0.2, 0.25) is 0 Å². The second kappa shape index (κ2) is 6.53. The molecule has 0 radical (unpaired) electrons. The summed E-state index contributed by atoms with van der Waals surface area (Å²) in [6, 6.07) is 0.567. The predicted molar refractivity (Wildman–Crippen MR) is 75.4 cm³/mol. The van der Waals surface area contributed by atoms with Gasteiger partial charge in [-0.25, -0.2) is 0 Å². The van der Waals surface area contributed by atoms with Crippen LogP contribution in [0.15, 0.2) is 0 Å². The normalized spacial score (nSPS) is 32.1. The molecule has 4 heteroatoms. The predicted octanol–water partition coefficient (Wildman–Crippen LogP) is 1.98. The molecule has 2 atom stereocenters. The molecule has 19 heavy (non-hydrogen) atoms. The molecule has 0 saturated carbocycles. The van der Waals surface area contributed by atoms with Crippen molar-refractivity contribution in [3.8, 4) is 0 Å². The van der Waals surface area contributed by atoms with Crippen LogP contribution in [0.3, 0.4) is 0 Å². The van der Waals surface area contributed by atoms with Gasteiger partial charge in [-0.3, -0.25) is 0 Å². The summed E-state index contributed by atoms with van der Waals surface area (Å²) in [4.78, 5) is 0. The minimum Gasteiger partial charge on any atom is -0.385 e. The minimum absolute atomic E-state index is 0.00654. The van der Waals surface area contributed by atoms with Gasteiger partial charge in [-0.2, -0.15) is 0 Å². The Morgan fingerprint density at radius 1 is 1.37 bits per heavy atom. The van der Waals surface area contributed by atoms with Crippen molar-refractivity contribution in [3.05, 3.63) is 0 Å². The Labute approximate surface area is 117 Å². The van der Waals surface area contributed by atoms with E-state index in [-0.39, 0.29) is 11.0 Å². The Hall–Kier alpha value is -0.160. The summed E-state index contributed by atoms with van der Waals surface area (Å²) in [6.07, 6.45) is 4.35. The Morgan fingerprint density at radius 2 is 2.21 bits per heavy atom. The zero-order valence-electron chi connectivity index (χ0n) is 12.7. The lowest BCUT2D eigenvalue weighted by atomic mass is 9.86. The molecule has 0 aromatic rings. The third-order valence-corrected chi connectivity index (χ3v) is 4.41. The summed E-state index contributed by atoms with van der Waals surface area (Å²) in [7, 11) is 1.77. The zero-order valence-corrected chi connectivity index (χ0v) is 12.7. The Kier molecular flexibility index (Phi) is 5.23. The maximum atomic E-state index is 5.97. The number of methoxy groups -OCH3 is 1. The molecule has 2 rings (SSSR count). The number of ether oxygens (including phenoxy) is 3. The van der Waals surface area contributed by atoms with E-state index in [2.05, 4.69) is 19.2 Å². The number of hydrogen-bond donors (Lipinski definition) is 1. The monoisotopic (exact) mass is 271 g/mol. The van der Waals surface area contributed by atoms with Crippen LogP contribution in [-0.2, 0) is 14.2 Å². The molecule has 2 aliphatic rings. The fraction of sp³-hybridized carbons (Fsp3) is 1.00. The van der Waals surface area contributed by atoms with Crippen LogP contribution in [0.4, 0.5) is 0 Å². The lowest BCUT2D eigenvalue weighted by Crippen LogP contribution is -2.49. The zero-order chi connectivity index (χ0) is 13.8. The van der Waals surface area contributed by atoms with Crippen molar-refractivity contribution in [3.63, 3.8) is 0 Å². The fourth-order valence-electron chi connectivity index (χ4n) is 2.95. The van der Waals surface area contributed by atoms with Gasteiger partial charge >= 0.3 is 0 Å². The van der Waals surface area contributed by atoms with Crippen molar-refractivity contribution in [2.45, 2.75) is 51.2 Å². The second-order valence-electron chi connectivity index (χ2n) is 6.81. The van der Waals surface area contributed by atoms with E-state index < -0.39 is 0 Å². The SMILES string of the molecule is COCCC(C)(C)CNC1CCOC2(CCOC2)C1. The van der Waals surface area contributed by atoms with E-state index in [9.17, 15) is 0 Å². The van der Waals surface area contributed by atoms with Gasteiger partial charge in [0.15, 0.2) is 0 Å². The van der Waals surface area contributed by atoms with Gasteiger partial charge in [-0.05, 0) is 24.7 Å². The number of hydrogen-bond acceptors (Lipinski definition) is 4. The Morgan fingerprint density at radius 3 is 2.89 bits per heavy atom. The van der Waals surface area contributed by atoms with E-state index in [1.54, 1.807) is 7.11 Å². The van der Waals surface area contributed by atoms with Gasteiger partial charge in [0.25, 0.3) is 0 Å². The Balaban J connectivity index is 1.76. The molecule has 2 aliphatic heterocycles. The molecule has 2 saturated heterocycles. The Bertz CT molecular complexity index is 275. The molecule has 4 nitrogen and oxygen atoms in total. The number of nitrogens with one attached hydrogen (secondary N) is 1. The molecule has 2 unspecified atom stereocenters. The van der Waals surface area contributed by atoms with Gasteiger partial charge < -0.3 is 19.5 Å². The van der Waals surface area contributed by atoms with Crippen molar-refractivity contribution < 1.29 is 14.2 Å². The molecule has 0 aromatic carbocycles. The summed E-state index contributed by atoms with van der Waals surface area (Å²) in [5, 5.41) is 3.73. The van der Waals surface area contributed by atoms with E-state index in [0.29, 0.717) is 6.04 Å². The second-order valence-corrected chi connectivity index (χ2v) is 6.81. The highest BCUT2D eigenvalue weighted by Crippen LogP contribution is 2.33. The van der Waals surface area contributed by atoms with Crippen LogP contribution < -0.4 is 5.32 Å². The molecule has 112 valence electrons. The lowest BCUT2D eigenvalue weighted by Gasteiger charge is -2.38. The van der Waals surface area contributed by atoms with E-state index >= 15 is 0 Å². The molecule has 1 N–H and O–H groups in total. The van der Waals surface area contributed by atoms with Crippen LogP contribution in [0, 0.1) is 5.41 Å². The molecular weight excluding hydrogens is 242 g/mol. The molecule has 0 aliphatic carbocycles. The minimum atomic E-state index is 0.00654. The van der Waals surface area contributed by atoms with E-state index in [0.717, 1.165) is 58.7 Å². The van der Waals surface area contributed by atoms with Gasteiger partial charge in [0.05, 0.1) is 12.2 Å². The average Bonchev–Trinajstić information content (AvgIpc) is 2.82. The van der Waals surface area contributed by atoms with Crippen LogP contribution >= 0.6 is 0 Å². The van der Waals surface area contributed by atoms with E-state index in [1.807, 2.05) is 0 Å². The number of rotatable bonds is 6. The van der Waals surface area contributed by atoms with Gasteiger partial charge in [-0.1, -0.05) is 13.8 Å². The van der Waals surface area contributed by atoms with Crippen LogP contribution in [-0.4, -0.2) is 51.7 Å². The topological polar surface area (TPSA) is 39.7 Å². The smallest absolute Gasteiger partial charge is 0.0951 e. The average molecular weight is 271 g/mol. The van der Waals surface area contributed by atoms with Crippen molar-refractivity contribution in [1.29, 1.82) is 0 Å². The van der Waals surface area contributed by atoms with Gasteiger partial charge in [-0.15, -0.1) is 0 Å². The highest BCUT2D eigenvalue weighted by Gasteiger charge is 2.41. The fourth-order valence-corrected chi connectivity index (χ4v) is 2.95. The third kappa shape index (κ3) is 4.42. The van der Waals surface area contributed by atoms with Crippen LogP contribution in [0.25, 0.3) is 0 Å². The van der Waals surface area contributed by atoms with Crippen LogP contribution in [0.5, 0.6) is 0 Å². The third-order valence-electron chi connectivity index (χ3n) is 4.41. The first-order valence-electron chi connectivity index (χ1n) is 7.49. The largest absolute Gasteiger partial charge is 0.385 e. The lowest BCUT2D eigenvalue weighted by molar-refractivity contribution is -0.0900. The first-order valence-corrected chi connectivity index (χ1v) is 7.49. The molecular formula is C15H29NO3. The maximum absolute atomic E-state index is 5.97. The molecule has 0 bridgehead atoms. The molecule has 2 heterocycles. The van der Waals surface area contributed by atoms with E-state index in [1.165, 1.54) is 0 Å². The maximum Gasteiger partial charge on any atom is 0.0951 e. The van der Waals surface area contributed by atoms with E-state index in [4.69, 9.17) is 14.2 Å². The summed E-state index contributed by atoms with van der Waals surface area (Å²) in [5.74, 6) is 0. The highest BCUT2D eigenvalue weighted by atomic mass is 16.6. The van der Waals surface area contributed by atoms with Gasteiger partial charge in [0, 0.05) is 45.9 Å². The molecule has 2 fully saturated rings. The van der Waals surface area contributed by atoms with Crippen LogP contribution in [0.1, 0.15) is 39.5 Å². The van der Waals surface area contributed by atoms with Gasteiger partial charge in [0.2, 0.25) is 0 Å². The first kappa shape index (κ1) is 15.2. The van der Waals surface area contributed by atoms with Crippen molar-refractivity contribution in [2.75, 3.05) is 40.1 Å². The van der Waals surface area contributed by atoms with Crippen molar-refractivity contribution in [1.82, 2.24) is 5.32 Å². The van der Waals surface area contributed by atoms with Gasteiger partial charge in [0.1, 0.15) is 0 Å². The molecule has 0 aromatic heterocycles. The summed E-state index contributed by atoms with van der Waals surface area (Å²) in [6.45, 7) is 8.96. The summed E-state index contributed by atoms with van der Waals surface area (Å²) in [5.41, 5.74) is 0.292. The molecule has 1 spiro atoms. The van der Waals surface area contributed by atoms with Crippen molar-refractivity contribution >= 4 is 0 Å². The highest BCUT2D eigenvalue weighted by molar-refractivity contribution is 4.93. The van der Waals surface area contributed by atoms with Crippen molar-refractivity contribution in [2.24, 2.45) is 5.41 Å². The molecule has 0 amide bonds. The first-order chi connectivity index (χ1) is 9.05. The standard InChI is InChI=1S/C15H29NO3/c1-14(2,5-8-17-3)11-16-13-4-7-19-15(10-13)6-9-18-12-15/h13,16H,4-12H2,1-3H3. The summed E-state index contributed by atoms with van der Waals surface area (Å²) < 4.78 is 16.7.